The van der Waals surface area contributed by atoms with Crippen molar-refractivity contribution in [1.29, 1.82) is 0 Å². The van der Waals surface area contributed by atoms with Crippen molar-refractivity contribution in [3.05, 3.63) is 0 Å². The number of piperidine rings is 1. The fourth-order valence-corrected chi connectivity index (χ4v) is 4.15. The standard InChI is InChI=1S/C15H29N3/c1-13(2)18-8-3-14(10-18)9-17-11-15(12-17)4-6-16-7-5-15/h13-14,16H,3-12H2,1-2H3. The molecular weight excluding hydrogens is 222 g/mol. The molecule has 3 heterocycles. The summed E-state index contributed by atoms with van der Waals surface area (Å²) < 4.78 is 0. The van der Waals surface area contributed by atoms with Gasteiger partial charge in [-0.3, -0.25) is 0 Å². The van der Waals surface area contributed by atoms with E-state index in [-0.39, 0.29) is 0 Å². The average Bonchev–Trinajstić information content (AvgIpc) is 2.77. The minimum absolute atomic E-state index is 0.710. The first kappa shape index (κ1) is 12.9. The highest BCUT2D eigenvalue weighted by Gasteiger charge is 2.43. The number of nitrogens with one attached hydrogen (secondary N) is 1. The molecule has 3 aliphatic rings. The molecule has 0 aromatic rings. The first-order valence-corrected chi connectivity index (χ1v) is 7.84. The van der Waals surface area contributed by atoms with Crippen LogP contribution in [0.5, 0.6) is 0 Å². The van der Waals surface area contributed by atoms with Crippen molar-refractivity contribution < 1.29 is 0 Å². The van der Waals surface area contributed by atoms with Crippen LogP contribution in [0.25, 0.3) is 0 Å². The van der Waals surface area contributed by atoms with Crippen molar-refractivity contribution in [3.8, 4) is 0 Å². The summed E-state index contributed by atoms with van der Waals surface area (Å²) in [5.41, 5.74) is 0.710. The van der Waals surface area contributed by atoms with Gasteiger partial charge in [0.2, 0.25) is 0 Å². The second-order valence-electron chi connectivity index (χ2n) is 7.16. The summed E-state index contributed by atoms with van der Waals surface area (Å²) in [6, 6.07) is 0.738. The van der Waals surface area contributed by atoms with Crippen molar-refractivity contribution in [2.75, 3.05) is 45.8 Å². The first-order valence-electron chi connectivity index (χ1n) is 7.84. The van der Waals surface area contributed by atoms with Gasteiger partial charge in [-0.1, -0.05) is 0 Å². The van der Waals surface area contributed by atoms with Gasteiger partial charge in [0.15, 0.2) is 0 Å². The zero-order chi connectivity index (χ0) is 12.6. The third-order valence-corrected chi connectivity index (χ3v) is 5.35. The molecule has 0 aliphatic carbocycles. The lowest BCUT2D eigenvalue weighted by atomic mass is 9.72. The molecule has 3 heteroatoms. The van der Waals surface area contributed by atoms with E-state index in [4.69, 9.17) is 0 Å². The summed E-state index contributed by atoms with van der Waals surface area (Å²) in [5, 5.41) is 3.49. The molecule has 18 heavy (non-hydrogen) atoms. The van der Waals surface area contributed by atoms with Crippen LogP contribution in [-0.4, -0.2) is 61.7 Å². The summed E-state index contributed by atoms with van der Waals surface area (Å²) in [5.74, 6) is 0.937. The maximum Gasteiger partial charge on any atom is 0.00516 e. The quantitative estimate of drug-likeness (QED) is 0.818. The van der Waals surface area contributed by atoms with Crippen LogP contribution in [-0.2, 0) is 0 Å². The lowest BCUT2D eigenvalue weighted by molar-refractivity contribution is -0.0308. The predicted molar refractivity (Wildman–Crippen MR) is 75.8 cm³/mol. The Kier molecular flexibility index (Phi) is 3.65. The lowest BCUT2D eigenvalue weighted by Gasteiger charge is -2.53. The Labute approximate surface area is 112 Å². The highest BCUT2D eigenvalue weighted by atomic mass is 15.2. The van der Waals surface area contributed by atoms with E-state index in [1.54, 1.807) is 0 Å². The Morgan fingerprint density at radius 3 is 2.56 bits per heavy atom. The molecular formula is C15H29N3. The van der Waals surface area contributed by atoms with Crippen LogP contribution in [0.15, 0.2) is 0 Å². The zero-order valence-electron chi connectivity index (χ0n) is 12.1. The number of hydrogen-bond acceptors (Lipinski definition) is 3. The molecule has 0 amide bonds. The molecule has 3 nitrogen and oxygen atoms in total. The summed E-state index contributed by atoms with van der Waals surface area (Å²) in [6.07, 6.45) is 4.24. The van der Waals surface area contributed by atoms with Crippen LogP contribution < -0.4 is 5.32 Å². The van der Waals surface area contributed by atoms with E-state index >= 15 is 0 Å². The van der Waals surface area contributed by atoms with E-state index < -0.39 is 0 Å². The maximum atomic E-state index is 3.49. The first-order chi connectivity index (χ1) is 8.67. The van der Waals surface area contributed by atoms with Crippen molar-refractivity contribution in [1.82, 2.24) is 15.1 Å². The van der Waals surface area contributed by atoms with Crippen molar-refractivity contribution in [2.24, 2.45) is 11.3 Å². The van der Waals surface area contributed by atoms with Crippen LogP contribution in [0.3, 0.4) is 0 Å². The third-order valence-electron chi connectivity index (χ3n) is 5.35. The van der Waals surface area contributed by atoms with E-state index in [2.05, 4.69) is 29.0 Å². The van der Waals surface area contributed by atoms with Gasteiger partial charge in [-0.05, 0) is 64.1 Å². The van der Waals surface area contributed by atoms with Gasteiger partial charge >= 0.3 is 0 Å². The molecule has 104 valence electrons. The number of likely N-dealkylation sites (tertiary alicyclic amines) is 2. The fraction of sp³-hybridized carbons (Fsp3) is 1.00. The van der Waals surface area contributed by atoms with E-state index in [0.717, 1.165) is 12.0 Å². The summed E-state index contributed by atoms with van der Waals surface area (Å²) in [6.45, 7) is 13.9. The predicted octanol–water partition coefficient (Wildman–Crippen LogP) is 1.40. The molecule has 1 spiro atoms. The molecule has 1 unspecified atom stereocenters. The minimum atomic E-state index is 0.710. The number of hydrogen-bond donors (Lipinski definition) is 1. The Morgan fingerprint density at radius 2 is 1.94 bits per heavy atom. The Morgan fingerprint density at radius 1 is 1.22 bits per heavy atom. The topological polar surface area (TPSA) is 18.5 Å². The van der Waals surface area contributed by atoms with Crippen molar-refractivity contribution in [3.63, 3.8) is 0 Å². The Bertz CT molecular complexity index is 275. The van der Waals surface area contributed by atoms with Gasteiger partial charge in [0.05, 0.1) is 0 Å². The van der Waals surface area contributed by atoms with E-state index in [0.29, 0.717) is 5.41 Å². The summed E-state index contributed by atoms with van der Waals surface area (Å²) >= 11 is 0. The van der Waals surface area contributed by atoms with Crippen molar-refractivity contribution >= 4 is 0 Å². The molecule has 3 saturated heterocycles. The summed E-state index contributed by atoms with van der Waals surface area (Å²) in [7, 11) is 0. The molecule has 0 bridgehead atoms. The normalized spacial score (nSPS) is 33.2. The zero-order valence-corrected chi connectivity index (χ0v) is 12.1. The maximum absolute atomic E-state index is 3.49. The van der Waals surface area contributed by atoms with Gasteiger partial charge in [-0.2, -0.15) is 0 Å². The molecule has 0 saturated carbocycles. The van der Waals surface area contributed by atoms with Gasteiger partial charge in [0.25, 0.3) is 0 Å². The van der Waals surface area contributed by atoms with Crippen LogP contribution in [0, 0.1) is 11.3 Å². The smallest absolute Gasteiger partial charge is 0.00516 e. The summed E-state index contributed by atoms with van der Waals surface area (Å²) in [4.78, 5) is 5.37. The minimum Gasteiger partial charge on any atom is -0.317 e. The molecule has 1 atom stereocenters. The average molecular weight is 251 g/mol. The highest BCUT2D eigenvalue weighted by Crippen LogP contribution is 2.39. The molecule has 3 fully saturated rings. The highest BCUT2D eigenvalue weighted by molar-refractivity contribution is 4.98. The Hall–Kier alpha value is -0.120. The van der Waals surface area contributed by atoms with Gasteiger partial charge in [0.1, 0.15) is 0 Å². The molecule has 1 N–H and O–H groups in total. The molecule has 0 aromatic carbocycles. The second-order valence-corrected chi connectivity index (χ2v) is 7.16. The van der Waals surface area contributed by atoms with Crippen LogP contribution in [0.1, 0.15) is 33.1 Å². The number of nitrogens with zero attached hydrogens (tertiary/aromatic N) is 2. The van der Waals surface area contributed by atoms with E-state index in [9.17, 15) is 0 Å². The SMILES string of the molecule is CC(C)N1CCC(CN2CC3(CCNCC3)C2)C1. The van der Waals surface area contributed by atoms with Gasteiger partial charge < -0.3 is 15.1 Å². The molecule has 0 radical (unpaired) electrons. The molecule has 3 rings (SSSR count). The van der Waals surface area contributed by atoms with Crippen LogP contribution in [0.4, 0.5) is 0 Å². The third kappa shape index (κ3) is 2.59. The van der Waals surface area contributed by atoms with Gasteiger partial charge in [0, 0.05) is 32.2 Å². The van der Waals surface area contributed by atoms with Gasteiger partial charge in [-0.15, -0.1) is 0 Å². The van der Waals surface area contributed by atoms with Crippen molar-refractivity contribution in [2.45, 2.75) is 39.2 Å². The van der Waals surface area contributed by atoms with Crippen LogP contribution in [0.2, 0.25) is 0 Å². The van der Waals surface area contributed by atoms with Gasteiger partial charge in [-0.25, -0.2) is 0 Å². The monoisotopic (exact) mass is 251 g/mol. The molecule has 0 aromatic heterocycles. The second kappa shape index (κ2) is 5.10. The lowest BCUT2D eigenvalue weighted by Crippen LogP contribution is -2.60. The van der Waals surface area contributed by atoms with E-state index in [1.807, 2.05) is 0 Å². The number of rotatable bonds is 3. The van der Waals surface area contributed by atoms with E-state index in [1.165, 1.54) is 65.1 Å². The molecule has 3 aliphatic heterocycles. The largest absolute Gasteiger partial charge is 0.317 e. The van der Waals surface area contributed by atoms with Crippen LogP contribution >= 0.6 is 0 Å². The Balaban J connectivity index is 1.41. The fourth-order valence-electron chi connectivity index (χ4n) is 4.15.